The normalized spacial score (nSPS) is 12.2. The van der Waals surface area contributed by atoms with Crippen molar-refractivity contribution >= 4 is 17.3 Å². The largest absolute Gasteiger partial charge is 0.356 e. The highest BCUT2D eigenvalue weighted by atomic mass is 32.1. The molecule has 0 saturated carbocycles. The van der Waals surface area contributed by atoms with Gasteiger partial charge in [-0.15, -0.1) is 21.5 Å². The number of nitrogens with one attached hydrogen (secondary N) is 2. The Balaban J connectivity index is 1.69. The number of guanidine groups is 1. The summed E-state index contributed by atoms with van der Waals surface area (Å²) in [4.78, 5) is 6.04. The minimum Gasteiger partial charge on any atom is -0.356 e. The number of aromatic nitrogens is 3. The van der Waals surface area contributed by atoms with Crippen molar-refractivity contribution in [1.29, 1.82) is 0 Å². The van der Waals surface area contributed by atoms with Crippen molar-refractivity contribution in [2.45, 2.75) is 52.6 Å². The van der Waals surface area contributed by atoms with E-state index < -0.39 is 0 Å². The van der Waals surface area contributed by atoms with E-state index in [4.69, 9.17) is 4.99 Å². The molecule has 3 rings (SSSR count). The summed E-state index contributed by atoms with van der Waals surface area (Å²) in [5.74, 6) is 2.51. The lowest BCUT2D eigenvalue weighted by atomic mass is 9.84. The Morgan fingerprint density at radius 3 is 2.50 bits per heavy atom. The lowest BCUT2D eigenvalue weighted by Gasteiger charge is -2.27. The molecule has 6 nitrogen and oxygen atoms in total. The molecule has 0 unspecified atom stereocenters. The maximum Gasteiger partial charge on any atom is 0.192 e. The van der Waals surface area contributed by atoms with Gasteiger partial charge < -0.3 is 15.2 Å². The number of thiophene rings is 1. The second kappa shape index (κ2) is 9.89. The van der Waals surface area contributed by atoms with Crippen LogP contribution >= 0.6 is 11.3 Å². The van der Waals surface area contributed by atoms with Gasteiger partial charge in [0.05, 0.1) is 6.54 Å². The average Bonchev–Trinajstić information content (AvgIpc) is 3.38. The van der Waals surface area contributed by atoms with Crippen LogP contribution in [0.4, 0.5) is 0 Å². The molecule has 0 spiro atoms. The number of benzene rings is 1. The standard InChI is InChI=1S/C23H32N6S/c1-6-18-9-11-19(12-10-18)23(3,4)16-26-22(24-14-20-8-7-13-30-20)25-15-21-28-27-17(2)29(21)5/h7-13H,6,14-16H2,1-5H3,(H2,24,25,26). The Morgan fingerprint density at radius 1 is 1.13 bits per heavy atom. The van der Waals surface area contributed by atoms with Crippen molar-refractivity contribution in [2.24, 2.45) is 12.0 Å². The summed E-state index contributed by atoms with van der Waals surface area (Å²) in [6, 6.07) is 13.1. The number of hydrogen-bond acceptors (Lipinski definition) is 4. The molecule has 0 radical (unpaired) electrons. The van der Waals surface area contributed by atoms with Crippen LogP contribution in [0.25, 0.3) is 0 Å². The van der Waals surface area contributed by atoms with Crippen LogP contribution in [0.2, 0.25) is 0 Å². The van der Waals surface area contributed by atoms with E-state index in [2.05, 4.69) is 83.4 Å². The van der Waals surface area contributed by atoms with Crippen LogP contribution in [0.1, 0.15) is 48.4 Å². The van der Waals surface area contributed by atoms with Crippen molar-refractivity contribution in [3.8, 4) is 0 Å². The van der Waals surface area contributed by atoms with Gasteiger partial charge in [-0.3, -0.25) is 0 Å². The highest BCUT2D eigenvalue weighted by Gasteiger charge is 2.21. The van der Waals surface area contributed by atoms with Gasteiger partial charge in [-0.05, 0) is 35.9 Å². The smallest absolute Gasteiger partial charge is 0.192 e. The van der Waals surface area contributed by atoms with Crippen molar-refractivity contribution in [3.05, 3.63) is 69.4 Å². The fourth-order valence-corrected chi connectivity index (χ4v) is 3.74. The molecule has 0 fully saturated rings. The van der Waals surface area contributed by atoms with Gasteiger partial charge in [0.2, 0.25) is 0 Å². The molecule has 2 aromatic heterocycles. The van der Waals surface area contributed by atoms with Gasteiger partial charge in [-0.25, -0.2) is 4.99 Å². The molecule has 7 heteroatoms. The fraction of sp³-hybridized carbons (Fsp3) is 0.435. The van der Waals surface area contributed by atoms with Crippen molar-refractivity contribution in [1.82, 2.24) is 25.4 Å². The fourth-order valence-electron chi connectivity index (χ4n) is 3.10. The second-order valence-corrected chi connectivity index (χ2v) is 9.14. The Hall–Kier alpha value is -2.67. The zero-order valence-electron chi connectivity index (χ0n) is 18.6. The predicted octanol–water partition coefficient (Wildman–Crippen LogP) is 3.96. The van der Waals surface area contributed by atoms with E-state index >= 15 is 0 Å². The first-order valence-corrected chi connectivity index (χ1v) is 11.3. The van der Waals surface area contributed by atoms with Gasteiger partial charge in [0.15, 0.2) is 11.8 Å². The molecule has 0 bridgehead atoms. The number of aliphatic imine (C=N–C) groups is 1. The van der Waals surface area contributed by atoms with Crippen LogP contribution in [0.3, 0.4) is 0 Å². The van der Waals surface area contributed by atoms with E-state index in [0.717, 1.165) is 37.1 Å². The number of aryl methyl sites for hydroxylation is 2. The maximum atomic E-state index is 4.77. The van der Waals surface area contributed by atoms with Gasteiger partial charge >= 0.3 is 0 Å². The third-order valence-electron chi connectivity index (χ3n) is 5.41. The van der Waals surface area contributed by atoms with Gasteiger partial charge in [-0.2, -0.15) is 0 Å². The van der Waals surface area contributed by atoms with E-state index in [0.29, 0.717) is 6.54 Å². The highest BCUT2D eigenvalue weighted by Crippen LogP contribution is 2.23. The van der Waals surface area contributed by atoms with Crippen LogP contribution in [0.5, 0.6) is 0 Å². The van der Waals surface area contributed by atoms with E-state index in [1.165, 1.54) is 16.0 Å². The summed E-state index contributed by atoms with van der Waals surface area (Å²) in [6.45, 7) is 10.6. The number of hydrogen-bond donors (Lipinski definition) is 2. The molecule has 3 aromatic rings. The summed E-state index contributed by atoms with van der Waals surface area (Å²) in [5, 5.41) is 17.4. The maximum absolute atomic E-state index is 4.77. The molecule has 0 saturated heterocycles. The van der Waals surface area contributed by atoms with Gasteiger partial charge in [-0.1, -0.05) is 51.1 Å². The molecular weight excluding hydrogens is 392 g/mol. The third-order valence-corrected chi connectivity index (χ3v) is 6.29. The zero-order chi connectivity index (χ0) is 21.6. The van der Waals surface area contributed by atoms with Crippen LogP contribution < -0.4 is 10.6 Å². The lowest BCUT2D eigenvalue weighted by Crippen LogP contribution is -2.43. The third kappa shape index (κ3) is 5.69. The Bertz CT molecular complexity index is 954. The first-order valence-electron chi connectivity index (χ1n) is 10.4. The molecule has 0 aliphatic rings. The average molecular weight is 425 g/mol. The summed E-state index contributed by atoms with van der Waals surface area (Å²) in [6.07, 6.45) is 1.06. The van der Waals surface area contributed by atoms with Crippen molar-refractivity contribution in [2.75, 3.05) is 6.54 Å². The molecule has 2 heterocycles. The molecule has 160 valence electrons. The SMILES string of the molecule is CCc1ccc(C(C)(C)CNC(=NCc2nnc(C)n2C)NCc2cccs2)cc1. The summed E-state index contributed by atoms with van der Waals surface area (Å²) >= 11 is 1.74. The van der Waals surface area contributed by atoms with E-state index in [1.807, 2.05) is 18.5 Å². The lowest BCUT2D eigenvalue weighted by molar-refractivity contribution is 0.508. The topological polar surface area (TPSA) is 67.1 Å². The number of nitrogens with zero attached hydrogens (tertiary/aromatic N) is 4. The molecule has 0 aliphatic heterocycles. The van der Waals surface area contributed by atoms with Crippen LogP contribution in [0, 0.1) is 6.92 Å². The van der Waals surface area contributed by atoms with Crippen LogP contribution in [-0.4, -0.2) is 27.3 Å². The van der Waals surface area contributed by atoms with E-state index in [9.17, 15) is 0 Å². The van der Waals surface area contributed by atoms with Crippen molar-refractivity contribution in [3.63, 3.8) is 0 Å². The zero-order valence-corrected chi connectivity index (χ0v) is 19.4. The minimum atomic E-state index is -0.0287. The van der Waals surface area contributed by atoms with Gasteiger partial charge in [0.1, 0.15) is 12.4 Å². The molecule has 30 heavy (non-hydrogen) atoms. The minimum absolute atomic E-state index is 0.0287. The Morgan fingerprint density at radius 2 is 1.90 bits per heavy atom. The Labute approximate surface area is 183 Å². The molecule has 2 N–H and O–H groups in total. The second-order valence-electron chi connectivity index (χ2n) is 8.11. The molecule has 1 aromatic carbocycles. The summed E-state index contributed by atoms with van der Waals surface area (Å²) < 4.78 is 1.97. The van der Waals surface area contributed by atoms with E-state index in [1.54, 1.807) is 11.3 Å². The molecule has 0 amide bonds. The first-order chi connectivity index (χ1) is 14.4. The summed E-state index contributed by atoms with van der Waals surface area (Å²) in [5.41, 5.74) is 2.65. The van der Waals surface area contributed by atoms with E-state index in [-0.39, 0.29) is 5.41 Å². The molecule has 0 atom stereocenters. The highest BCUT2D eigenvalue weighted by molar-refractivity contribution is 7.09. The monoisotopic (exact) mass is 424 g/mol. The first kappa shape index (κ1) is 22.0. The van der Waals surface area contributed by atoms with Crippen molar-refractivity contribution < 1.29 is 0 Å². The van der Waals surface area contributed by atoms with Crippen LogP contribution in [0.15, 0.2) is 46.8 Å². The Kier molecular flexibility index (Phi) is 7.26. The van der Waals surface area contributed by atoms with Crippen LogP contribution in [-0.2, 0) is 32.0 Å². The molecule has 0 aliphatic carbocycles. The van der Waals surface area contributed by atoms with Gasteiger partial charge in [0, 0.05) is 23.9 Å². The predicted molar refractivity (Wildman–Crippen MR) is 125 cm³/mol. The number of rotatable bonds is 8. The quantitative estimate of drug-likeness (QED) is 0.424. The van der Waals surface area contributed by atoms with Gasteiger partial charge in [0.25, 0.3) is 0 Å². The summed E-state index contributed by atoms with van der Waals surface area (Å²) in [7, 11) is 1.97. The molecular formula is C23H32N6S.